The van der Waals surface area contributed by atoms with E-state index < -0.39 is 23.8 Å². The predicted molar refractivity (Wildman–Crippen MR) is 149 cm³/mol. The van der Waals surface area contributed by atoms with Gasteiger partial charge in [0.1, 0.15) is 22.5 Å². The van der Waals surface area contributed by atoms with Crippen LogP contribution in [0.15, 0.2) is 18.2 Å². The summed E-state index contributed by atoms with van der Waals surface area (Å²) in [4.78, 5) is 68.1. The highest BCUT2D eigenvalue weighted by molar-refractivity contribution is 7.19. The van der Waals surface area contributed by atoms with Crippen molar-refractivity contribution in [3.63, 3.8) is 0 Å². The van der Waals surface area contributed by atoms with Crippen molar-refractivity contribution in [1.29, 1.82) is 0 Å². The lowest BCUT2D eigenvalue weighted by Crippen LogP contribution is -2.54. The fourth-order valence-electron chi connectivity index (χ4n) is 6.46. The van der Waals surface area contributed by atoms with Crippen molar-refractivity contribution >= 4 is 51.0 Å². The van der Waals surface area contributed by atoms with Crippen molar-refractivity contribution in [2.45, 2.75) is 58.0 Å². The maximum Gasteiger partial charge on any atom is 0.262 e. The fourth-order valence-corrected chi connectivity index (χ4v) is 7.76. The number of thiophene rings is 1. The molecule has 1 N–H and O–H groups in total. The third kappa shape index (κ3) is 4.19. The summed E-state index contributed by atoms with van der Waals surface area (Å²) in [6.07, 6.45) is 4.98. The molecule has 4 amide bonds. The molecule has 11 heteroatoms. The lowest BCUT2D eigenvalue weighted by atomic mass is 9.97. The minimum atomic E-state index is -0.952. The lowest BCUT2D eigenvalue weighted by Gasteiger charge is -2.36. The number of hydrogen-bond acceptors (Lipinski definition) is 9. The molecule has 40 heavy (non-hydrogen) atoms. The number of benzene rings is 1. The Kier molecular flexibility index (Phi) is 6.16. The Morgan fingerprint density at radius 2 is 1.73 bits per heavy atom. The Morgan fingerprint density at radius 3 is 2.52 bits per heavy atom. The van der Waals surface area contributed by atoms with E-state index in [0.29, 0.717) is 17.7 Å². The number of nitrogens with one attached hydrogen (secondary N) is 1. The van der Waals surface area contributed by atoms with Crippen molar-refractivity contribution in [2.24, 2.45) is 0 Å². The molecule has 1 atom stereocenters. The number of rotatable bonds is 4. The van der Waals surface area contributed by atoms with Crippen LogP contribution in [-0.4, -0.2) is 75.6 Å². The van der Waals surface area contributed by atoms with Crippen molar-refractivity contribution in [2.75, 3.05) is 31.1 Å². The van der Waals surface area contributed by atoms with Gasteiger partial charge < -0.3 is 4.90 Å². The number of imide groups is 2. The van der Waals surface area contributed by atoms with Gasteiger partial charge in [0, 0.05) is 44.0 Å². The third-order valence-corrected chi connectivity index (χ3v) is 9.68. The fraction of sp³-hybridized carbons (Fsp3) is 0.448. The van der Waals surface area contributed by atoms with Crippen LogP contribution in [0.2, 0.25) is 0 Å². The summed E-state index contributed by atoms with van der Waals surface area (Å²) in [6, 6.07) is 4.40. The summed E-state index contributed by atoms with van der Waals surface area (Å²) >= 11 is 1.83. The van der Waals surface area contributed by atoms with Gasteiger partial charge >= 0.3 is 0 Å². The predicted octanol–water partition coefficient (Wildman–Crippen LogP) is 2.60. The smallest absolute Gasteiger partial charge is 0.262 e. The van der Waals surface area contributed by atoms with Crippen molar-refractivity contribution in [1.82, 2.24) is 25.1 Å². The number of nitrogens with zero attached hydrogens (tertiary/aromatic N) is 5. The number of fused-ring (bicyclic) bond motifs is 4. The van der Waals surface area contributed by atoms with E-state index in [-0.39, 0.29) is 18.7 Å². The second-order valence-electron chi connectivity index (χ2n) is 11.1. The van der Waals surface area contributed by atoms with E-state index in [0.717, 1.165) is 66.0 Å². The normalized spacial score (nSPS) is 21.7. The van der Waals surface area contributed by atoms with Crippen molar-refractivity contribution in [3.05, 3.63) is 51.2 Å². The van der Waals surface area contributed by atoms with Crippen LogP contribution in [0.5, 0.6) is 0 Å². The van der Waals surface area contributed by atoms with Crippen molar-refractivity contribution < 1.29 is 19.2 Å². The average molecular weight is 559 g/mol. The van der Waals surface area contributed by atoms with Crippen LogP contribution in [-0.2, 0) is 29.0 Å². The van der Waals surface area contributed by atoms with Gasteiger partial charge in [-0.05, 0) is 62.3 Å². The first-order chi connectivity index (χ1) is 19.4. The van der Waals surface area contributed by atoms with Gasteiger partial charge in [-0.25, -0.2) is 9.97 Å². The van der Waals surface area contributed by atoms with E-state index in [9.17, 15) is 19.2 Å². The monoisotopic (exact) mass is 558 g/mol. The second kappa shape index (κ2) is 9.74. The Morgan fingerprint density at radius 1 is 0.950 bits per heavy atom. The molecule has 3 aromatic rings. The van der Waals surface area contributed by atoms with Gasteiger partial charge in [-0.3, -0.25) is 34.3 Å². The molecule has 0 bridgehead atoms. The number of carbonyl (C=O) groups excluding carboxylic acids is 4. The van der Waals surface area contributed by atoms with E-state index in [1.165, 1.54) is 28.7 Å². The van der Waals surface area contributed by atoms with Gasteiger partial charge in [0.05, 0.1) is 16.5 Å². The lowest BCUT2D eigenvalue weighted by molar-refractivity contribution is -0.136. The summed E-state index contributed by atoms with van der Waals surface area (Å²) in [7, 11) is 0. The number of amides is 4. The maximum absolute atomic E-state index is 13.2. The number of anilines is 1. The molecule has 1 aromatic carbocycles. The highest BCUT2D eigenvalue weighted by atomic mass is 32.1. The topological polar surface area (TPSA) is 116 Å². The molecule has 2 fully saturated rings. The summed E-state index contributed by atoms with van der Waals surface area (Å²) in [5, 5.41) is 3.49. The Labute approximate surface area is 235 Å². The molecule has 10 nitrogen and oxygen atoms in total. The minimum Gasteiger partial charge on any atom is -0.353 e. The molecule has 0 saturated carbocycles. The standard InChI is InChI=1S/C29H30N6O4S/c1-16-30-25(24-19-4-2-3-5-22(19)40-27(24)31-16)34-12-10-33(11-13-34)15-17-6-7-18-20(14-17)29(39)35(28(18)38)21-8-9-23(36)32-26(21)37/h6-7,14,21H,2-5,8-13,15H2,1H3,(H,32,36,37). The van der Waals surface area contributed by atoms with Gasteiger partial charge in [-0.2, -0.15) is 0 Å². The highest BCUT2D eigenvalue weighted by Gasteiger charge is 2.44. The van der Waals surface area contributed by atoms with Crippen LogP contribution in [0.3, 0.4) is 0 Å². The zero-order chi connectivity index (χ0) is 27.5. The van der Waals surface area contributed by atoms with E-state index >= 15 is 0 Å². The SMILES string of the molecule is Cc1nc(N2CCN(Cc3ccc4c(c3)C(=O)N(C3CCC(=O)NC3=O)C4=O)CC2)c2c3c(sc2n1)CCCC3. The third-order valence-electron chi connectivity index (χ3n) is 8.49. The molecular formula is C29H30N6O4S. The number of aryl methyl sites for hydroxylation is 3. The van der Waals surface area contributed by atoms with Crippen LogP contribution in [0.4, 0.5) is 5.82 Å². The van der Waals surface area contributed by atoms with E-state index in [4.69, 9.17) is 9.97 Å². The van der Waals surface area contributed by atoms with E-state index in [2.05, 4.69) is 15.1 Å². The minimum absolute atomic E-state index is 0.107. The number of carbonyl (C=O) groups is 4. The molecule has 1 aliphatic carbocycles. The Hall–Kier alpha value is -3.70. The first-order valence-corrected chi connectivity index (χ1v) is 14.8. The number of aromatic nitrogens is 2. The summed E-state index contributed by atoms with van der Waals surface area (Å²) in [5.41, 5.74) is 3.04. The molecule has 206 valence electrons. The van der Waals surface area contributed by atoms with Crippen molar-refractivity contribution in [3.8, 4) is 0 Å². The number of hydrogen-bond donors (Lipinski definition) is 1. The van der Waals surface area contributed by atoms with Gasteiger partial charge in [0.2, 0.25) is 11.8 Å². The molecular weight excluding hydrogens is 528 g/mol. The molecule has 0 radical (unpaired) electrons. The van der Waals surface area contributed by atoms with E-state index in [1.807, 2.05) is 24.3 Å². The molecule has 5 heterocycles. The van der Waals surface area contributed by atoms with Crippen LogP contribution in [0.25, 0.3) is 10.2 Å². The van der Waals surface area contributed by atoms with Crippen LogP contribution in [0.1, 0.15) is 68.2 Å². The van der Waals surface area contributed by atoms with Crippen LogP contribution >= 0.6 is 11.3 Å². The number of piperazine rings is 1. The number of piperidine rings is 1. The van der Waals surface area contributed by atoms with Gasteiger partial charge in [0.15, 0.2) is 0 Å². The molecule has 2 aromatic heterocycles. The largest absolute Gasteiger partial charge is 0.353 e. The van der Waals surface area contributed by atoms with E-state index in [1.54, 1.807) is 12.1 Å². The first kappa shape index (κ1) is 25.3. The zero-order valence-corrected chi connectivity index (χ0v) is 23.2. The highest BCUT2D eigenvalue weighted by Crippen LogP contribution is 2.40. The second-order valence-corrected chi connectivity index (χ2v) is 12.2. The Balaban J connectivity index is 1.05. The maximum atomic E-state index is 13.2. The molecule has 2 saturated heterocycles. The van der Waals surface area contributed by atoms with Crippen LogP contribution in [0, 0.1) is 6.92 Å². The molecule has 3 aliphatic heterocycles. The quantitative estimate of drug-likeness (QED) is 0.486. The molecule has 0 spiro atoms. The molecule has 4 aliphatic rings. The summed E-state index contributed by atoms with van der Waals surface area (Å²) < 4.78 is 0. The Bertz CT molecular complexity index is 1590. The molecule has 1 unspecified atom stereocenters. The van der Waals surface area contributed by atoms with Gasteiger partial charge in [0.25, 0.3) is 11.8 Å². The van der Waals surface area contributed by atoms with Crippen LogP contribution < -0.4 is 10.2 Å². The average Bonchev–Trinajstić information content (AvgIpc) is 3.43. The van der Waals surface area contributed by atoms with Gasteiger partial charge in [-0.15, -0.1) is 11.3 Å². The first-order valence-electron chi connectivity index (χ1n) is 14.0. The summed E-state index contributed by atoms with van der Waals surface area (Å²) in [6.45, 7) is 6.03. The summed E-state index contributed by atoms with van der Waals surface area (Å²) in [5.74, 6) is -0.0405. The zero-order valence-electron chi connectivity index (χ0n) is 22.4. The molecule has 7 rings (SSSR count). The van der Waals surface area contributed by atoms with Gasteiger partial charge in [-0.1, -0.05) is 6.07 Å².